The molecular formula is C12H13N3O2S. The number of nitrogen functional groups attached to an aromatic ring is 1. The van der Waals surface area contributed by atoms with Gasteiger partial charge in [0.2, 0.25) is 0 Å². The first kappa shape index (κ1) is 11.3. The molecule has 2 aromatic rings. The molecule has 3 rings (SSSR count). The fourth-order valence-electron chi connectivity index (χ4n) is 2.13. The number of hydrogen-bond donors (Lipinski definition) is 1. The van der Waals surface area contributed by atoms with E-state index in [1.54, 1.807) is 7.11 Å². The monoisotopic (exact) mass is 263 g/mol. The van der Waals surface area contributed by atoms with Gasteiger partial charge in [0.1, 0.15) is 17.6 Å². The van der Waals surface area contributed by atoms with Crippen LogP contribution in [0.4, 0.5) is 5.13 Å². The smallest absolute Gasteiger partial charge is 0.200 e. The predicted octanol–water partition coefficient (Wildman–Crippen LogP) is 2.12. The highest BCUT2D eigenvalue weighted by Crippen LogP contribution is 2.39. The SMILES string of the molecule is COc1cc2c(cc1-c1nsc(N)n1)OC(C)C2. The highest BCUT2D eigenvalue weighted by molar-refractivity contribution is 7.09. The molecule has 1 aliphatic rings. The highest BCUT2D eigenvalue weighted by atomic mass is 32.1. The quantitative estimate of drug-likeness (QED) is 0.898. The first-order valence-electron chi connectivity index (χ1n) is 5.64. The average Bonchev–Trinajstić information content (AvgIpc) is 2.91. The van der Waals surface area contributed by atoms with E-state index < -0.39 is 0 Å². The third kappa shape index (κ3) is 1.78. The molecule has 0 radical (unpaired) electrons. The molecule has 0 aliphatic carbocycles. The Morgan fingerprint density at radius 3 is 3.00 bits per heavy atom. The Bertz CT molecular complexity index is 597. The third-order valence-electron chi connectivity index (χ3n) is 2.90. The molecule has 2 heterocycles. The van der Waals surface area contributed by atoms with Gasteiger partial charge in [-0.05, 0) is 19.1 Å². The van der Waals surface area contributed by atoms with Gasteiger partial charge in [-0.15, -0.1) is 0 Å². The van der Waals surface area contributed by atoms with Gasteiger partial charge in [-0.3, -0.25) is 0 Å². The summed E-state index contributed by atoms with van der Waals surface area (Å²) < 4.78 is 15.3. The van der Waals surface area contributed by atoms with Crippen molar-refractivity contribution in [2.75, 3.05) is 12.8 Å². The molecule has 1 atom stereocenters. The number of anilines is 1. The molecule has 94 valence electrons. The van der Waals surface area contributed by atoms with Crippen molar-refractivity contribution in [1.82, 2.24) is 9.36 Å². The Balaban J connectivity index is 2.12. The van der Waals surface area contributed by atoms with E-state index in [-0.39, 0.29) is 6.10 Å². The first-order chi connectivity index (χ1) is 8.67. The van der Waals surface area contributed by atoms with Crippen LogP contribution in [0.15, 0.2) is 12.1 Å². The molecule has 1 aliphatic heterocycles. The molecule has 0 saturated carbocycles. The van der Waals surface area contributed by atoms with Crippen LogP contribution in [0, 0.1) is 0 Å². The Morgan fingerprint density at radius 2 is 2.33 bits per heavy atom. The molecule has 2 N–H and O–H groups in total. The molecule has 1 aromatic carbocycles. The van der Waals surface area contributed by atoms with Gasteiger partial charge in [0, 0.05) is 23.5 Å². The van der Waals surface area contributed by atoms with E-state index >= 15 is 0 Å². The average molecular weight is 263 g/mol. The van der Waals surface area contributed by atoms with E-state index in [2.05, 4.69) is 9.36 Å². The molecule has 6 heteroatoms. The van der Waals surface area contributed by atoms with E-state index in [4.69, 9.17) is 15.2 Å². The Kier molecular flexibility index (Phi) is 2.59. The second-order valence-electron chi connectivity index (χ2n) is 4.25. The van der Waals surface area contributed by atoms with Crippen molar-refractivity contribution < 1.29 is 9.47 Å². The summed E-state index contributed by atoms with van der Waals surface area (Å²) in [7, 11) is 1.64. The van der Waals surface area contributed by atoms with Crippen molar-refractivity contribution in [2.45, 2.75) is 19.4 Å². The van der Waals surface area contributed by atoms with E-state index in [9.17, 15) is 0 Å². The van der Waals surface area contributed by atoms with Crippen LogP contribution < -0.4 is 15.2 Å². The van der Waals surface area contributed by atoms with Crippen molar-refractivity contribution in [3.8, 4) is 22.9 Å². The molecule has 5 nitrogen and oxygen atoms in total. The minimum absolute atomic E-state index is 0.202. The Morgan fingerprint density at radius 1 is 1.50 bits per heavy atom. The van der Waals surface area contributed by atoms with E-state index in [0.717, 1.165) is 29.0 Å². The number of methoxy groups -OCH3 is 1. The molecule has 0 spiro atoms. The predicted molar refractivity (Wildman–Crippen MR) is 70.1 cm³/mol. The Labute approximate surface area is 109 Å². The van der Waals surface area contributed by atoms with Crippen LogP contribution in [0.25, 0.3) is 11.4 Å². The summed E-state index contributed by atoms with van der Waals surface area (Å²) in [6, 6.07) is 3.92. The number of nitrogens with zero attached hydrogens (tertiary/aromatic N) is 2. The van der Waals surface area contributed by atoms with Gasteiger partial charge in [-0.25, -0.2) is 0 Å². The maximum atomic E-state index is 5.74. The zero-order valence-electron chi connectivity index (χ0n) is 10.1. The molecular weight excluding hydrogens is 250 g/mol. The van der Waals surface area contributed by atoms with Crippen LogP contribution in [0.5, 0.6) is 11.5 Å². The van der Waals surface area contributed by atoms with Crippen molar-refractivity contribution in [3.05, 3.63) is 17.7 Å². The summed E-state index contributed by atoms with van der Waals surface area (Å²) in [5, 5.41) is 0.446. The molecule has 0 saturated heterocycles. The van der Waals surface area contributed by atoms with Crippen LogP contribution in [-0.4, -0.2) is 22.6 Å². The molecule has 0 fully saturated rings. The molecule has 0 amide bonds. The van der Waals surface area contributed by atoms with E-state index in [0.29, 0.717) is 11.0 Å². The fraction of sp³-hybridized carbons (Fsp3) is 0.333. The summed E-state index contributed by atoms with van der Waals surface area (Å²) >= 11 is 1.17. The maximum absolute atomic E-state index is 5.74. The van der Waals surface area contributed by atoms with Crippen molar-refractivity contribution in [2.24, 2.45) is 0 Å². The van der Waals surface area contributed by atoms with Crippen molar-refractivity contribution >= 4 is 16.7 Å². The molecule has 1 unspecified atom stereocenters. The minimum Gasteiger partial charge on any atom is -0.496 e. The van der Waals surface area contributed by atoms with Crippen LogP contribution in [0.3, 0.4) is 0 Å². The molecule has 1 aromatic heterocycles. The van der Waals surface area contributed by atoms with E-state index in [1.807, 2.05) is 19.1 Å². The fourth-order valence-corrected chi connectivity index (χ4v) is 2.57. The lowest BCUT2D eigenvalue weighted by molar-refractivity contribution is 0.254. The summed E-state index contributed by atoms with van der Waals surface area (Å²) in [6.07, 6.45) is 1.10. The second kappa shape index (κ2) is 4.13. The van der Waals surface area contributed by atoms with Crippen LogP contribution in [0.1, 0.15) is 12.5 Å². The Hall–Kier alpha value is -1.82. The summed E-state index contributed by atoms with van der Waals surface area (Å²) in [5.41, 5.74) is 7.59. The number of hydrogen-bond acceptors (Lipinski definition) is 6. The number of benzene rings is 1. The standard InChI is InChI=1S/C12H13N3O2S/c1-6-3-7-4-10(16-2)8(5-9(7)17-6)11-14-12(13)18-15-11/h4-6H,3H2,1-2H3,(H2,13,14,15). The lowest BCUT2D eigenvalue weighted by Crippen LogP contribution is -2.05. The van der Waals surface area contributed by atoms with Crippen molar-refractivity contribution in [1.29, 1.82) is 0 Å². The van der Waals surface area contributed by atoms with E-state index in [1.165, 1.54) is 11.5 Å². The topological polar surface area (TPSA) is 70.3 Å². The van der Waals surface area contributed by atoms with Crippen LogP contribution in [-0.2, 0) is 6.42 Å². The minimum atomic E-state index is 0.202. The normalized spacial score (nSPS) is 17.3. The van der Waals surface area contributed by atoms with Gasteiger partial charge in [0.15, 0.2) is 11.0 Å². The van der Waals surface area contributed by atoms with Crippen molar-refractivity contribution in [3.63, 3.8) is 0 Å². The lowest BCUT2D eigenvalue weighted by Gasteiger charge is -2.08. The van der Waals surface area contributed by atoms with Gasteiger partial charge in [0.05, 0.1) is 12.7 Å². The number of fused-ring (bicyclic) bond motifs is 1. The number of nitrogens with two attached hydrogens (primary N) is 1. The van der Waals surface area contributed by atoms with Gasteiger partial charge in [-0.2, -0.15) is 9.36 Å². The number of rotatable bonds is 2. The maximum Gasteiger partial charge on any atom is 0.200 e. The van der Waals surface area contributed by atoms with Gasteiger partial charge >= 0.3 is 0 Å². The molecule has 18 heavy (non-hydrogen) atoms. The van der Waals surface area contributed by atoms with Crippen LogP contribution >= 0.6 is 11.5 Å². The summed E-state index contributed by atoms with van der Waals surface area (Å²) in [6.45, 7) is 2.05. The zero-order valence-corrected chi connectivity index (χ0v) is 11.0. The van der Waals surface area contributed by atoms with Gasteiger partial charge in [-0.1, -0.05) is 0 Å². The number of ether oxygens (including phenoxy) is 2. The number of aromatic nitrogens is 2. The molecule has 0 bridgehead atoms. The first-order valence-corrected chi connectivity index (χ1v) is 6.42. The third-order valence-corrected chi connectivity index (χ3v) is 3.44. The largest absolute Gasteiger partial charge is 0.496 e. The highest BCUT2D eigenvalue weighted by Gasteiger charge is 2.23. The summed E-state index contributed by atoms with van der Waals surface area (Å²) in [5.74, 6) is 2.22. The van der Waals surface area contributed by atoms with Crippen LogP contribution in [0.2, 0.25) is 0 Å². The van der Waals surface area contributed by atoms with Gasteiger partial charge in [0.25, 0.3) is 0 Å². The second-order valence-corrected chi connectivity index (χ2v) is 5.03. The zero-order chi connectivity index (χ0) is 12.7. The summed E-state index contributed by atoms with van der Waals surface area (Å²) in [4.78, 5) is 4.18. The lowest BCUT2D eigenvalue weighted by atomic mass is 10.1. The van der Waals surface area contributed by atoms with Gasteiger partial charge < -0.3 is 15.2 Å².